The Morgan fingerprint density at radius 3 is 2.76 bits per heavy atom. The smallest absolute Gasteiger partial charge is 0.274 e. The molecule has 0 N–H and O–H groups in total. The minimum Gasteiger partial charge on any atom is -0.336 e. The molecule has 0 aliphatic carbocycles. The number of hydrogen-bond donors (Lipinski definition) is 0. The van der Waals surface area contributed by atoms with Crippen LogP contribution >= 0.6 is 0 Å². The topological polar surface area (TPSA) is 63.9 Å². The van der Waals surface area contributed by atoms with Gasteiger partial charge in [0.15, 0.2) is 0 Å². The maximum atomic E-state index is 12.2. The van der Waals surface area contributed by atoms with E-state index in [-0.39, 0.29) is 5.91 Å². The quantitative estimate of drug-likeness (QED) is 0.856. The minimum absolute atomic E-state index is 0.0512. The van der Waals surface area contributed by atoms with Crippen molar-refractivity contribution < 1.29 is 4.79 Å². The highest BCUT2D eigenvalue weighted by atomic mass is 16.2. The van der Waals surface area contributed by atoms with Crippen LogP contribution in [-0.2, 0) is 6.54 Å². The molecular weight excluding hydrogens is 266 g/mol. The van der Waals surface area contributed by atoms with Crippen LogP contribution in [0, 0.1) is 6.92 Å². The second kappa shape index (κ2) is 5.63. The molecular formula is C15H19N5O. The number of amides is 1. The van der Waals surface area contributed by atoms with Gasteiger partial charge in [-0.2, -0.15) is 0 Å². The first-order valence-corrected chi connectivity index (χ1v) is 7.28. The predicted molar refractivity (Wildman–Crippen MR) is 77.9 cm³/mol. The lowest BCUT2D eigenvalue weighted by Gasteiger charge is -2.38. The molecule has 6 nitrogen and oxygen atoms in total. The number of rotatable bonds is 4. The van der Waals surface area contributed by atoms with Gasteiger partial charge in [-0.05, 0) is 13.3 Å². The molecule has 21 heavy (non-hydrogen) atoms. The van der Waals surface area contributed by atoms with E-state index < -0.39 is 0 Å². The standard InChI is InChI=1S/C15H19N5O/c1-3-6-20-11(2)7-18-14(20)12-9-19(10-12)15(21)13-8-16-4-5-17-13/h4-5,7-8,12H,3,6,9-10H2,1-2H3. The van der Waals surface area contributed by atoms with Crippen LogP contribution in [0.4, 0.5) is 0 Å². The number of hydrogen-bond acceptors (Lipinski definition) is 4. The van der Waals surface area contributed by atoms with Gasteiger partial charge in [0.05, 0.1) is 12.1 Å². The molecule has 0 aromatic carbocycles. The first kappa shape index (κ1) is 13.7. The summed E-state index contributed by atoms with van der Waals surface area (Å²) in [6.45, 7) is 6.63. The normalized spacial score (nSPS) is 15.0. The molecule has 0 bridgehead atoms. The summed E-state index contributed by atoms with van der Waals surface area (Å²) in [6.07, 6.45) is 7.62. The zero-order valence-electron chi connectivity index (χ0n) is 12.4. The third kappa shape index (κ3) is 2.53. The first-order valence-electron chi connectivity index (χ1n) is 7.28. The molecule has 1 saturated heterocycles. The second-order valence-electron chi connectivity index (χ2n) is 5.41. The van der Waals surface area contributed by atoms with Crippen molar-refractivity contribution in [2.45, 2.75) is 32.7 Å². The van der Waals surface area contributed by atoms with Gasteiger partial charge >= 0.3 is 0 Å². The van der Waals surface area contributed by atoms with E-state index in [1.165, 1.54) is 11.9 Å². The molecule has 2 aromatic heterocycles. The van der Waals surface area contributed by atoms with Crippen LogP contribution in [0.3, 0.4) is 0 Å². The number of imidazole rings is 1. The van der Waals surface area contributed by atoms with Gasteiger partial charge in [0, 0.05) is 43.9 Å². The van der Waals surface area contributed by atoms with Gasteiger partial charge in [0.1, 0.15) is 11.5 Å². The lowest BCUT2D eigenvalue weighted by atomic mass is 9.98. The Balaban J connectivity index is 1.67. The van der Waals surface area contributed by atoms with Crippen LogP contribution in [0.1, 0.15) is 41.3 Å². The Bertz CT molecular complexity index is 631. The maximum Gasteiger partial charge on any atom is 0.274 e. The molecule has 6 heteroatoms. The van der Waals surface area contributed by atoms with Gasteiger partial charge in [-0.3, -0.25) is 9.78 Å². The van der Waals surface area contributed by atoms with Crippen LogP contribution in [0.2, 0.25) is 0 Å². The number of carbonyl (C=O) groups excluding carboxylic acids is 1. The summed E-state index contributed by atoms with van der Waals surface area (Å²) in [5.41, 5.74) is 1.59. The van der Waals surface area contributed by atoms with E-state index in [1.807, 2.05) is 6.20 Å². The molecule has 2 aromatic rings. The van der Waals surface area contributed by atoms with Gasteiger partial charge in [-0.15, -0.1) is 0 Å². The highest BCUT2D eigenvalue weighted by Gasteiger charge is 2.35. The fraction of sp³-hybridized carbons (Fsp3) is 0.467. The van der Waals surface area contributed by atoms with Crippen LogP contribution in [0.5, 0.6) is 0 Å². The van der Waals surface area contributed by atoms with E-state index in [2.05, 4.69) is 33.4 Å². The molecule has 1 fully saturated rings. The van der Waals surface area contributed by atoms with E-state index in [4.69, 9.17) is 0 Å². The summed E-state index contributed by atoms with van der Waals surface area (Å²) in [5, 5.41) is 0. The summed E-state index contributed by atoms with van der Waals surface area (Å²) >= 11 is 0. The maximum absolute atomic E-state index is 12.2. The van der Waals surface area contributed by atoms with E-state index in [0.717, 1.165) is 18.8 Å². The highest BCUT2D eigenvalue weighted by Crippen LogP contribution is 2.28. The Hall–Kier alpha value is -2.24. The van der Waals surface area contributed by atoms with Gasteiger partial charge in [-0.25, -0.2) is 9.97 Å². The van der Waals surface area contributed by atoms with Crippen molar-refractivity contribution in [2.75, 3.05) is 13.1 Å². The molecule has 3 rings (SSSR count). The van der Waals surface area contributed by atoms with Crippen molar-refractivity contribution in [3.63, 3.8) is 0 Å². The van der Waals surface area contributed by atoms with Crippen molar-refractivity contribution in [3.8, 4) is 0 Å². The van der Waals surface area contributed by atoms with Crippen molar-refractivity contribution >= 4 is 5.91 Å². The monoisotopic (exact) mass is 285 g/mol. The predicted octanol–water partition coefficient (Wildman–Crippen LogP) is 1.63. The van der Waals surface area contributed by atoms with Gasteiger partial charge in [0.2, 0.25) is 0 Å². The number of likely N-dealkylation sites (tertiary alicyclic amines) is 1. The van der Waals surface area contributed by atoms with Crippen LogP contribution in [0.25, 0.3) is 0 Å². The van der Waals surface area contributed by atoms with Gasteiger partial charge in [-0.1, -0.05) is 6.92 Å². The highest BCUT2D eigenvalue weighted by molar-refractivity contribution is 5.92. The first-order chi connectivity index (χ1) is 10.2. The second-order valence-corrected chi connectivity index (χ2v) is 5.41. The van der Waals surface area contributed by atoms with E-state index in [9.17, 15) is 4.79 Å². The third-order valence-electron chi connectivity index (χ3n) is 3.85. The van der Waals surface area contributed by atoms with Crippen LogP contribution in [0.15, 0.2) is 24.8 Å². The summed E-state index contributed by atoms with van der Waals surface area (Å²) in [5.74, 6) is 1.37. The Morgan fingerprint density at radius 1 is 1.29 bits per heavy atom. The average Bonchev–Trinajstić information content (AvgIpc) is 2.81. The fourth-order valence-corrected chi connectivity index (χ4v) is 2.70. The van der Waals surface area contributed by atoms with Crippen molar-refractivity contribution in [1.29, 1.82) is 0 Å². The van der Waals surface area contributed by atoms with E-state index in [1.54, 1.807) is 17.3 Å². The van der Waals surface area contributed by atoms with Gasteiger partial charge < -0.3 is 9.47 Å². The molecule has 0 saturated carbocycles. The number of aryl methyl sites for hydroxylation is 1. The Morgan fingerprint density at radius 2 is 2.10 bits per heavy atom. The summed E-state index contributed by atoms with van der Waals surface area (Å²) < 4.78 is 2.26. The van der Waals surface area contributed by atoms with Crippen LogP contribution < -0.4 is 0 Å². The molecule has 1 aliphatic heterocycles. The number of aromatic nitrogens is 4. The Kier molecular flexibility index (Phi) is 3.68. The third-order valence-corrected chi connectivity index (χ3v) is 3.85. The summed E-state index contributed by atoms with van der Waals surface area (Å²) in [4.78, 5) is 26.5. The average molecular weight is 285 g/mol. The molecule has 0 unspecified atom stereocenters. The summed E-state index contributed by atoms with van der Waals surface area (Å²) in [7, 11) is 0. The Labute approximate surface area is 123 Å². The van der Waals surface area contributed by atoms with Crippen molar-refractivity contribution in [2.24, 2.45) is 0 Å². The number of nitrogens with zero attached hydrogens (tertiary/aromatic N) is 5. The van der Waals surface area contributed by atoms with Gasteiger partial charge in [0.25, 0.3) is 5.91 Å². The molecule has 1 amide bonds. The fourth-order valence-electron chi connectivity index (χ4n) is 2.70. The molecule has 0 spiro atoms. The SMILES string of the molecule is CCCn1c(C)cnc1C1CN(C(=O)c2cnccn2)C1. The zero-order chi connectivity index (χ0) is 14.8. The molecule has 0 radical (unpaired) electrons. The molecule has 110 valence electrons. The van der Waals surface area contributed by atoms with Crippen LogP contribution in [-0.4, -0.2) is 43.4 Å². The molecule has 3 heterocycles. The number of carbonyl (C=O) groups is 1. The summed E-state index contributed by atoms with van der Waals surface area (Å²) in [6, 6.07) is 0. The van der Waals surface area contributed by atoms with E-state index in [0.29, 0.717) is 24.7 Å². The van der Waals surface area contributed by atoms with Crippen molar-refractivity contribution in [3.05, 3.63) is 42.0 Å². The zero-order valence-corrected chi connectivity index (χ0v) is 12.4. The minimum atomic E-state index is -0.0512. The molecule has 0 atom stereocenters. The largest absolute Gasteiger partial charge is 0.336 e. The van der Waals surface area contributed by atoms with Crippen molar-refractivity contribution in [1.82, 2.24) is 24.4 Å². The lowest BCUT2D eigenvalue weighted by Crippen LogP contribution is -2.49. The van der Waals surface area contributed by atoms with E-state index >= 15 is 0 Å². The molecule has 1 aliphatic rings. The lowest BCUT2D eigenvalue weighted by molar-refractivity contribution is 0.0584.